The van der Waals surface area contributed by atoms with Gasteiger partial charge in [0.05, 0.1) is 16.7 Å². The van der Waals surface area contributed by atoms with Crippen LogP contribution in [0.25, 0.3) is 0 Å². The van der Waals surface area contributed by atoms with Crippen molar-refractivity contribution in [3.63, 3.8) is 0 Å². The Morgan fingerprint density at radius 1 is 0.857 bits per heavy atom. The first-order chi connectivity index (χ1) is 9.97. The van der Waals surface area contributed by atoms with E-state index in [1.165, 1.54) is 18.2 Å². The van der Waals surface area contributed by atoms with E-state index in [9.17, 15) is 29.7 Å². The molecule has 3 rings (SSSR count). The highest BCUT2D eigenvalue weighted by Crippen LogP contribution is 2.41. The number of benzene rings is 2. The summed E-state index contributed by atoms with van der Waals surface area (Å²) < 4.78 is 0. The Bertz CT molecular complexity index is 835. The minimum absolute atomic E-state index is 0.0190. The van der Waals surface area contributed by atoms with Crippen LogP contribution >= 0.6 is 0 Å². The van der Waals surface area contributed by atoms with Crippen molar-refractivity contribution >= 4 is 17.9 Å². The second-order valence-corrected chi connectivity index (χ2v) is 4.56. The number of carbonyl (C=O) groups is 3. The molecule has 1 aliphatic rings. The van der Waals surface area contributed by atoms with Crippen molar-refractivity contribution < 1.29 is 29.7 Å². The van der Waals surface area contributed by atoms with E-state index in [1.807, 2.05) is 0 Å². The fourth-order valence-corrected chi connectivity index (χ4v) is 2.42. The summed E-state index contributed by atoms with van der Waals surface area (Å²) in [6, 6.07) is 5.06. The lowest BCUT2D eigenvalue weighted by Crippen LogP contribution is -2.21. The van der Waals surface area contributed by atoms with Crippen molar-refractivity contribution in [1.29, 1.82) is 0 Å². The number of phenolic OH excluding ortho intramolecular Hbond substituents is 3. The molecular weight excluding hydrogens is 276 g/mol. The fraction of sp³-hybridized carbons (Fsp3) is 0. The van der Waals surface area contributed by atoms with Gasteiger partial charge in [-0.25, -0.2) is 0 Å². The van der Waals surface area contributed by atoms with Gasteiger partial charge in [-0.1, -0.05) is 12.1 Å². The molecule has 0 heterocycles. The molecule has 0 saturated heterocycles. The highest BCUT2D eigenvalue weighted by molar-refractivity contribution is 6.30. The number of ketones is 2. The fourth-order valence-electron chi connectivity index (χ4n) is 2.42. The zero-order valence-electron chi connectivity index (χ0n) is 10.5. The molecule has 0 radical (unpaired) electrons. The molecule has 0 atom stereocenters. The Morgan fingerprint density at radius 2 is 1.57 bits per heavy atom. The van der Waals surface area contributed by atoms with Crippen LogP contribution < -0.4 is 0 Å². The maximum atomic E-state index is 12.4. The van der Waals surface area contributed by atoms with E-state index in [1.54, 1.807) is 0 Å². The van der Waals surface area contributed by atoms with Crippen LogP contribution in [0, 0.1) is 0 Å². The Kier molecular flexibility index (Phi) is 2.56. The molecule has 6 nitrogen and oxygen atoms in total. The van der Waals surface area contributed by atoms with E-state index < -0.39 is 34.4 Å². The maximum Gasteiger partial charge on any atom is 0.202 e. The molecule has 0 amide bonds. The molecule has 104 valence electrons. The average Bonchev–Trinajstić information content (AvgIpc) is 2.47. The summed E-state index contributed by atoms with van der Waals surface area (Å²) >= 11 is 0. The summed E-state index contributed by atoms with van der Waals surface area (Å²) in [5.74, 6) is -3.42. The average molecular weight is 284 g/mol. The molecule has 3 N–H and O–H groups in total. The largest absolute Gasteiger partial charge is 0.507 e. The molecule has 0 aliphatic heterocycles. The first-order valence-electron chi connectivity index (χ1n) is 5.92. The lowest BCUT2D eigenvalue weighted by Gasteiger charge is -2.20. The normalized spacial score (nSPS) is 12.8. The summed E-state index contributed by atoms with van der Waals surface area (Å²) in [6.45, 7) is 0. The van der Waals surface area contributed by atoms with Crippen LogP contribution in [-0.4, -0.2) is 33.2 Å². The Morgan fingerprint density at radius 3 is 2.24 bits per heavy atom. The van der Waals surface area contributed by atoms with Crippen LogP contribution in [0.5, 0.6) is 17.2 Å². The minimum atomic E-state index is -0.846. The van der Waals surface area contributed by atoms with E-state index in [4.69, 9.17) is 0 Å². The number of aromatic hydroxyl groups is 3. The van der Waals surface area contributed by atoms with Gasteiger partial charge in [-0.15, -0.1) is 0 Å². The number of carbonyl (C=O) groups excluding carboxylic acids is 3. The molecule has 0 spiro atoms. The van der Waals surface area contributed by atoms with Gasteiger partial charge < -0.3 is 15.3 Å². The quantitative estimate of drug-likeness (QED) is 0.460. The van der Waals surface area contributed by atoms with Crippen molar-refractivity contribution in [1.82, 2.24) is 0 Å². The summed E-state index contributed by atoms with van der Waals surface area (Å²) in [7, 11) is 0. The molecule has 0 saturated carbocycles. The van der Waals surface area contributed by atoms with Crippen LogP contribution in [0.1, 0.15) is 42.2 Å². The molecule has 0 fully saturated rings. The van der Waals surface area contributed by atoms with Gasteiger partial charge in [-0.3, -0.25) is 14.4 Å². The maximum absolute atomic E-state index is 12.4. The lowest BCUT2D eigenvalue weighted by molar-refractivity contribution is 0.0973. The predicted molar refractivity (Wildman–Crippen MR) is 70.1 cm³/mol. The molecule has 0 bridgehead atoms. The number of hydrogen-bond donors (Lipinski definition) is 3. The third-order valence-electron chi connectivity index (χ3n) is 3.42. The van der Waals surface area contributed by atoms with Crippen LogP contribution in [0.2, 0.25) is 0 Å². The van der Waals surface area contributed by atoms with Crippen molar-refractivity contribution in [3.8, 4) is 17.2 Å². The molecular formula is C15H8O6. The molecule has 0 unspecified atom stereocenters. The zero-order chi connectivity index (χ0) is 15.3. The molecule has 2 aromatic rings. The van der Waals surface area contributed by atoms with Crippen molar-refractivity contribution in [2.75, 3.05) is 0 Å². The number of fused-ring (bicyclic) bond motifs is 2. The summed E-state index contributed by atoms with van der Waals surface area (Å²) in [5, 5.41) is 29.3. The number of rotatable bonds is 1. The second kappa shape index (κ2) is 4.17. The van der Waals surface area contributed by atoms with E-state index in [-0.39, 0.29) is 28.5 Å². The molecule has 21 heavy (non-hydrogen) atoms. The Labute approximate surface area is 117 Å². The van der Waals surface area contributed by atoms with E-state index in [0.717, 1.165) is 6.07 Å². The Hall–Kier alpha value is -3.15. The molecule has 1 aliphatic carbocycles. The van der Waals surface area contributed by atoms with Crippen molar-refractivity contribution in [2.45, 2.75) is 0 Å². The van der Waals surface area contributed by atoms with Gasteiger partial charge in [0.1, 0.15) is 5.75 Å². The van der Waals surface area contributed by atoms with E-state index in [2.05, 4.69) is 0 Å². The van der Waals surface area contributed by atoms with Gasteiger partial charge >= 0.3 is 0 Å². The standard InChI is InChI=1S/C15H8O6/c16-5-6-4-8-11(15(21)12(6)18)14(20)10-7(13(8)19)2-1-3-9(10)17/h1-5,17-18,21H. The monoisotopic (exact) mass is 284 g/mol. The SMILES string of the molecule is O=Cc1cc2c(c(O)c1O)C(=O)c1c(O)cccc1C2=O. The second-order valence-electron chi connectivity index (χ2n) is 4.56. The van der Waals surface area contributed by atoms with Crippen molar-refractivity contribution in [2.24, 2.45) is 0 Å². The predicted octanol–water partition coefficient (Wildman–Crippen LogP) is 1.39. The number of hydrogen-bond acceptors (Lipinski definition) is 6. The highest BCUT2D eigenvalue weighted by Gasteiger charge is 2.36. The van der Waals surface area contributed by atoms with Gasteiger partial charge in [-0.2, -0.15) is 0 Å². The van der Waals surface area contributed by atoms with Gasteiger partial charge in [0.2, 0.25) is 5.78 Å². The smallest absolute Gasteiger partial charge is 0.202 e. The summed E-state index contributed by atoms with van der Waals surface area (Å²) in [5.41, 5.74) is -1.15. The van der Waals surface area contributed by atoms with Crippen molar-refractivity contribution in [3.05, 3.63) is 52.1 Å². The first kappa shape index (κ1) is 12.9. The topological polar surface area (TPSA) is 112 Å². The summed E-state index contributed by atoms with van der Waals surface area (Å²) in [6.07, 6.45) is 0.269. The number of aldehydes is 1. The first-order valence-corrected chi connectivity index (χ1v) is 5.92. The van der Waals surface area contributed by atoms with Crippen LogP contribution in [0.3, 0.4) is 0 Å². The van der Waals surface area contributed by atoms with E-state index in [0.29, 0.717) is 0 Å². The van der Waals surface area contributed by atoms with Crippen LogP contribution in [0.4, 0.5) is 0 Å². The highest BCUT2D eigenvalue weighted by atomic mass is 16.3. The van der Waals surface area contributed by atoms with Gasteiger partial charge in [0.15, 0.2) is 23.6 Å². The minimum Gasteiger partial charge on any atom is -0.507 e. The molecule has 2 aromatic carbocycles. The van der Waals surface area contributed by atoms with Gasteiger partial charge in [-0.05, 0) is 12.1 Å². The Balaban J connectivity index is 2.41. The number of phenols is 3. The van der Waals surface area contributed by atoms with Crippen LogP contribution in [0.15, 0.2) is 24.3 Å². The molecule has 0 aromatic heterocycles. The van der Waals surface area contributed by atoms with Gasteiger partial charge in [0.25, 0.3) is 0 Å². The van der Waals surface area contributed by atoms with Crippen LogP contribution in [-0.2, 0) is 0 Å². The van der Waals surface area contributed by atoms with Gasteiger partial charge in [0, 0.05) is 11.1 Å². The molecule has 6 heteroatoms. The summed E-state index contributed by atoms with van der Waals surface area (Å²) in [4.78, 5) is 35.6. The van der Waals surface area contributed by atoms with E-state index >= 15 is 0 Å². The third kappa shape index (κ3) is 1.56. The third-order valence-corrected chi connectivity index (χ3v) is 3.42. The lowest BCUT2D eigenvalue weighted by atomic mass is 9.82. The zero-order valence-corrected chi connectivity index (χ0v) is 10.5.